The summed E-state index contributed by atoms with van der Waals surface area (Å²) in [5.74, 6) is -0.240. The Kier molecular flexibility index (Phi) is 4.27. The smallest absolute Gasteiger partial charge is 0.246 e. The predicted molar refractivity (Wildman–Crippen MR) is 77.5 cm³/mol. The summed E-state index contributed by atoms with van der Waals surface area (Å²) >= 11 is 5.78. The first-order valence-electron chi connectivity index (χ1n) is 6.48. The molecule has 1 saturated heterocycles. The Morgan fingerprint density at radius 2 is 2.10 bits per heavy atom. The molecule has 4 nitrogen and oxygen atoms in total. The van der Waals surface area contributed by atoms with Crippen LogP contribution < -0.4 is 5.73 Å². The largest absolute Gasteiger partial charge is 0.396 e. The zero-order valence-electron chi connectivity index (χ0n) is 11.4. The van der Waals surface area contributed by atoms with Crippen molar-refractivity contribution in [2.24, 2.45) is 11.8 Å². The quantitative estimate of drug-likeness (QED) is 0.871. The lowest BCUT2D eigenvalue weighted by Gasteiger charge is -2.19. The normalized spacial score (nSPS) is 20.8. The third kappa shape index (κ3) is 2.77. The van der Waals surface area contributed by atoms with Crippen LogP contribution in [0.3, 0.4) is 0 Å². The lowest BCUT2D eigenvalue weighted by molar-refractivity contribution is 0.387. The average Bonchev–Trinajstić information content (AvgIpc) is 2.83. The van der Waals surface area contributed by atoms with Gasteiger partial charge in [0.05, 0.1) is 5.69 Å². The molecule has 0 bridgehead atoms. The first-order valence-corrected chi connectivity index (χ1v) is 8.30. The second kappa shape index (κ2) is 5.50. The highest BCUT2D eigenvalue weighted by Gasteiger charge is 2.35. The Labute approximate surface area is 123 Å². The number of nitrogens with two attached hydrogens (primary N) is 1. The SMILES string of the molecule is CC(C)C1CCN(S(=O)(=O)c2cc(Cl)cc(N)c2F)C1. The van der Waals surface area contributed by atoms with E-state index in [0.717, 1.165) is 12.5 Å². The first-order chi connectivity index (χ1) is 9.23. The number of nitrogens with zero attached hydrogens (tertiary/aromatic N) is 1. The number of hydrogen-bond acceptors (Lipinski definition) is 3. The van der Waals surface area contributed by atoms with E-state index in [4.69, 9.17) is 17.3 Å². The standard InChI is InChI=1S/C13H18ClFN2O2S/c1-8(2)9-3-4-17(7-9)20(18,19)12-6-10(14)5-11(16)13(12)15/h5-6,8-9H,3-4,7,16H2,1-2H3. The zero-order chi connectivity index (χ0) is 15.1. The topological polar surface area (TPSA) is 63.4 Å². The molecule has 1 fully saturated rings. The maximum atomic E-state index is 14.0. The van der Waals surface area contributed by atoms with Crippen LogP contribution in [-0.4, -0.2) is 25.8 Å². The molecule has 1 heterocycles. The fraction of sp³-hybridized carbons (Fsp3) is 0.538. The molecule has 0 amide bonds. The second-order valence-electron chi connectivity index (χ2n) is 5.46. The van der Waals surface area contributed by atoms with Crippen LogP contribution in [0.4, 0.5) is 10.1 Å². The predicted octanol–water partition coefficient (Wildman–Crippen LogP) is 2.73. The van der Waals surface area contributed by atoms with E-state index in [2.05, 4.69) is 13.8 Å². The van der Waals surface area contributed by atoms with Crippen molar-refractivity contribution in [2.75, 3.05) is 18.8 Å². The van der Waals surface area contributed by atoms with E-state index < -0.39 is 20.7 Å². The molecule has 0 aliphatic carbocycles. The molecule has 1 aromatic rings. The van der Waals surface area contributed by atoms with Crippen molar-refractivity contribution >= 4 is 27.3 Å². The zero-order valence-corrected chi connectivity index (χ0v) is 13.0. The summed E-state index contributed by atoms with van der Waals surface area (Å²) in [7, 11) is -3.89. The van der Waals surface area contributed by atoms with Gasteiger partial charge in [-0.3, -0.25) is 0 Å². The number of benzene rings is 1. The van der Waals surface area contributed by atoms with Crippen LogP contribution in [0.25, 0.3) is 0 Å². The Hall–Kier alpha value is -0.850. The van der Waals surface area contributed by atoms with E-state index in [1.54, 1.807) is 0 Å². The highest BCUT2D eigenvalue weighted by atomic mass is 35.5. The van der Waals surface area contributed by atoms with E-state index in [1.807, 2.05) is 0 Å². The molecule has 2 rings (SSSR count). The van der Waals surface area contributed by atoms with Gasteiger partial charge in [-0.15, -0.1) is 0 Å². The van der Waals surface area contributed by atoms with Crippen molar-refractivity contribution in [1.29, 1.82) is 0 Å². The molecule has 0 saturated carbocycles. The third-order valence-corrected chi connectivity index (χ3v) is 5.86. The molecular weight excluding hydrogens is 303 g/mol. The van der Waals surface area contributed by atoms with Gasteiger partial charge < -0.3 is 5.73 Å². The first kappa shape index (κ1) is 15.5. The highest BCUT2D eigenvalue weighted by molar-refractivity contribution is 7.89. The molecule has 1 atom stereocenters. The number of anilines is 1. The van der Waals surface area contributed by atoms with Crippen LogP contribution >= 0.6 is 11.6 Å². The molecule has 7 heteroatoms. The number of rotatable bonds is 3. The van der Waals surface area contributed by atoms with E-state index in [-0.39, 0.29) is 10.7 Å². The number of halogens is 2. The summed E-state index contributed by atoms with van der Waals surface area (Å²) in [5.41, 5.74) is 5.20. The summed E-state index contributed by atoms with van der Waals surface area (Å²) < 4.78 is 40.3. The summed E-state index contributed by atoms with van der Waals surface area (Å²) in [6.07, 6.45) is 0.786. The summed E-state index contributed by atoms with van der Waals surface area (Å²) in [5, 5.41) is 0.113. The van der Waals surface area contributed by atoms with Crippen LogP contribution in [0.15, 0.2) is 17.0 Å². The van der Waals surface area contributed by atoms with Gasteiger partial charge in [-0.2, -0.15) is 4.31 Å². The maximum Gasteiger partial charge on any atom is 0.246 e. The molecule has 1 aliphatic rings. The Bertz CT molecular complexity index is 619. The molecule has 20 heavy (non-hydrogen) atoms. The van der Waals surface area contributed by atoms with Gasteiger partial charge in [0.25, 0.3) is 0 Å². The van der Waals surface area contributed by atoms with Crippen molar-refractivity contribution in [1.82, 2.24) is 4.31 Å². The third-order valence-electron chi connectivity index (χ3n) is 3.78. The molecule has 0 radical (unpaired) electrons. The molecule has 1 aromatic carbocycles. The van der Waals surface area contributed by atoms with Crippen LogP contribution in [0.1, 0.15) is 20.3 Å². The highest BCUT2D eigenvalue weighted by Crippen LogP contribution is 2.32. The van der Waals surface area contributed by atoms with Gasteiger partial charge in [-0.25, -0.2) is 12.8 Å². The van der Waals surface area contributed by atoms with E-state index in [0.29, 0.717) is 24.9 Å². The maximum absolute atomic E-state index is 14.0. The fourth-order valence-corrected chi connectivity index (χ4v) is 4.35. The molecule has 112 valence electrons. The van der Waals surface area contributed by atoms with E-state index in [9.17, 15) is 12.8 Å². The van der Waals surface area contributed by atoms with Crippen molar-refractivity contribution in [3.8, 4) is 0 Å². The molecule has 0 aromatic heterocycles. The van der Waals surface area contributed by atoms with Gasteiger partial charge in [0.15, 0.2) is 5.82 Å². The Morgan fingerprint density at radius 1 is 1.45 bits per heavy atom. The van der Waals surface area contributed by atoms with E-state index >= 15 is 0 Å². The lowest BCUT2D eigenvalue weighted by Crippen LogP contribution is -2.30. The van der Waals surface area contributed by atoms with E-state index in [1.165, 1.54) is 10.4 Å². The number of sulfonamides is 1. The minimum Gasteiger partial charge on any atom is -0.396 e. The van der Waals surface area contributed by atoms with Gasteiger partial charge in [0.2, 0.25) is 10.0 Å². The van der Waals surface area contributed by atoms with Crippen molar-refractivity contribution < 1.29 is 12.8 Å². The molecule has 1 unspecified atom stereocenters. The van der Waals surface area contributed by atoms with Crippen LogP contribution in [-0.2, 0) is 10.0 Å². The summed E-state index contributed by atoms with van der Waals surface area (Å²) in [6.45, 7) is 4.92. The van der Waals surface area contributed by atoms with Crippen LogP contribution in [0, 0.1) is 17.7 Å². The summed E-state index contributed by atoms with van der Waals surface area (Å²) in [6, 6.07) is 2.32. The fourth-order valence-electron chi connectivity index (χ4n) is 2.43. The van der Waals surface area contributed by atoms with Gasteiger partial charge in [-0.05, 0) is 30.4 Å². The number of hydrogen-bond donors (Lipinski definition) is 1. The molecule has 2 N–H and O–H groups in total. The second-order valence-corrected chi connectivity index (χ2v) is 7.81. The number of nitrogen functional groups attached to an aromatic ring is 1. The molecule has 0 spiro atoms. The van der Waals surface area contributed by atoms with Crippen molar-refractivity contribution in [3.05, 3.63) is 23.0 Å². The summed E-state index contributed by atoms with van der Waals surface area (Å²) in [4.78, 5) is -0.438. The van der Waals surface area contributed by atoms with Crippen molar-refractivity contribution in [3.63, 3.8) is 0 Å². The van der Waals surface area contributed by atoms with Crippen LogP contribution in [0.5, 0.6) is 0 Å². The molecular formula is C13H18ClFN2O2S. The molecule has 1 aliphatic heterocycles. The average molecular weight is 321 g/mol. The van der Waals surface area contributed by atoms with Gasteiger partial charge >= 0.3 is 0 Å². The monoisotopic (exact) mass is 320 g/mol. The van der Waals surface area contributed by atoms with Gasteiger partial charge in [0.1, 0.15) is 4.90 Å². The minimum absolute atomic E-state index is 0.113. The van der Waals surface area contributed by atoms with Gasteiger partial charge in [0, 0.05) is 18.1 Å². The van der Waals surface area contributed by atoms with Crippen LogP contribution in [0.2, 0.25) is 5.02 Å². The minimum atomic E-state index is -3.89. The Morgan fingerprint density at radius 3 is 2.65 bits per heavy atom. The van der Waals surface area contributed by atoms with Gasteiger partial charge in [-0.1, -0.05) is 25.4 Å². The lowest BCUT2D eigenvalue weighted by atomic mass is 9.96. The van der Waals surface area contributed by atoms with Crippen molar-refractivity contribution in [2.45, 2.75) is 25.2 Å². The Balaban J connectivity index is 2.37.